The Labute approximate surface area is 207 Å². The summed E-state index contributed by atoms with van der Waals surface area (Å²) in [5.41, 5.74) is 1.51. The predicted molar refractivity (Wildman–Crippen MR) is 133 cm³/mol. The van der Waals surface area contributed by atoms with Crippen molar-refractivity contribution in [3.63, 3.8) is 0 Å². The molecule has 1 amide bonds. The number of carbonyl (C=O) groups is 1. The van der Waals surface area contributed by atoms with Crippen molar-refractivity contribution >= 4 is 28.6 Å². The number of likely N-dealkylation sites (N-methyl/N-ethyl adjacent to an activating group) is 1. The summed E-state index contributed by atoms with van der Waals surface area (Å²) in [7, 11) is 3.62. The SMILES string of the molecule is Cc1ccc(C(O)CN(C)Cc2cc3c(=O)c(CC(=O)NCc4ccc(Cl)cc4)cn(C)c3o2)o1. The second kappa shape index (κ2) is 10.5. The van der Waals surface area contributed by atoms with Gasteiger partial charge in [0.15, 0.2) is 5.43 Å². The van der Waals surface area contributed by atoms with Gasteiger partial charge >= 0.3 is 0 Å². The van der Waals surface area contributed by atoms with Gasteiger partial charge in [0.05, 0.1) is 18.4 Å². The quantitative estimate of drug-likeness (QED) is 0.365. The van der Waals surface area contributed by atoms with Crippen LogP contribution < -0.4 is 10.7 Å². The maximum Gasteiger partial charge on any atom is 0.224 e. The zero-order chi connectivity index (χ0) is 25.1. The first-order valence-electron chi connectivity index (χ1n) is 11.2. The van der Waals surface area contributed by atoms with E-state index in [0.717, 1.165) is 11.3 Å². The van der Waals surface area contributed by atoms with Crippen LogP contribution in [-0.4, -0.2) is 34.1 Å². The van der Waals surface area contributed by atoms with Crippen molar-refractivity contribution in [3.05, 3.63) is 92.3 Å². The van der Waals surface area contributed by atoms with Gasteiger partial charge < -0.3 is 23.8 Å². The van der Waals surface area contributed by atoms with Crippen molar-refractivity contribution in [2.24, 2.45) is 7.05 Å². The number of aromatic nitrogens is 1. The molecule has 3 heterocycles. The zero-order valence-electron chi connectivity index (χ0n) is 19.9. The Morgan fingerprint density at radius 1 is 1.20 bits per heavy atom. The molecule has 35 heavy (non-hydrogen) atoms. The fourth-order valence-electron chi connectivity index (χ4n) is 3.97. The van der Waals surface area contributed by atoms with Crippen LogP contribution in [0.25, 0.3) is 11.1 Å². The van der Waals surface area contributed by atoms with Gasteiger partial charge in [0.2, 0.25) is 11.6 Å². The van der Waals surface area contributed by atoms with Crippen molar-refractivity contribution in [3.8, 4) is 0 Å². The molecule has 4 rings (SSSR count). The molecular weight excluding hydrogens is 470 g/mol. The minimum Gasteiger partial charge on any atom is -0.464 e. The monoisotopic (exact) mass is 497 g/mol. The second-order valence-electron chi connectivity index (χ2n) is 8.77. The molecule has 1 unspecified atom stereocenters. The number of nitrogens with zero attached hydrogens (tertiary/aromatic N) is 2. The number of aliphatic hydroxyl groups excluding tert-OH is 1. The van der Waals surface area contributed by atoms with Crippen LogP contribution in [0.1, 0.15) is 34.5 Å². The van der Waals surface area contributed by atoms with E-state index in [-0.39, 0.29) is 17.8 Å². The molecule has 0 aliphatic rings. The first-order valence-corrected chi connectivity index (χ1v) is 11.6. The lowest BCUT2D eigenvalue weighted by molar-refractivity contribution is -0.120. The van der Waals surface area contributed by atoms with E-state index in [4.69, 9.17) is 20.4 Å². The van der Waals surface area contributed by atoms with Crippen molar-refractivity contribution in [1.29, 1.82) is 0 Å². The average molecular weight is 498 g/mol. The Balaban J connectivity index is 1.42. The van der Waals surface area contributed by atoms with Gasteiger partial charge in [-0.25, -0.2) is 0 Å². The number of amides is 1. The maximum atomic E-state index is 13.1. The highest BCUT2D eigenvalue weighted by molar-refractivity contribution is 6.30. The Hall–Kier alpha value is -3.33. The third-order valence-corrected chi connectivity index (χ3v) is 5.98. The van der Waals surface area contributed by atoms with Crippen molar-refractivity contribution in [1.82, 2.24) is 14.8 Å². The molecule has 1 aromatic carbocycles. The van der Waals surface area contributed by atoms with E-state index in [2.05, 4.69) is 5.32 Å². The number of aliphatic hydroxyl groups is 1. The normalized spacial score (nSPS) is 12.4. The van der Waals surface area contributed by atoms with Crippen molar-refractivity contribution in [2.75, 3.05) is 13.6 Å². The summed E-state index contributed by atoms with van der Waals surface area (Å²) in [5.74, 6) is 1.58. The molecule has 4 aromatic rings. The van der Waals surface area contributed by atoms with Crippen LogP contribution in [0, 0.1) is 6.92 Å². The molecule has 0 radical (unpaired) electrons. The number of hydrogen-bond acceptors (Lipinski definition) is 6. The minimum absolute atomic E-state index is 0.0363. The molecule has 0 fully saturated rings. The largest absolute Gasteiger partial charge is 0.464 e. The highest BCUT2D eigenvalue weighted by atomic mass is 35.5. The third-order valence-electron chi connectivity index (χ3n) is 5.72. The fourth-order valence-corrected chi connectivity index (χ4v) is 4.10. The van der Waals surface area contributed by atoms with Crippen LogP contribution in [0.15, 0.2) is 62.3 Å². The van der Waals surface area contributed by atoms with Crippen LogP contribution in [0.2, 0.25) is 5.02 Å². The van der Waals surface area contributed by atoms with E-state index in [1.165, 1.54) is 0 Å². The molecule has 3 aromatic heterocycles. The van der Waals surface area contributed by atoms with E-state index >= 15 is 0 Å². The lowest BCUT2D eigenvalue weighted by atomic mass is 10.1. The molecule has 8 nitrogen and oxygen atoms in total. The number of halogens is 1. The van der Waals surface area contributed by atoms with E-state index in [1.54, 1.807) is 42.1 Å². The Kier molecular flexibility index (Phi) is 7.45. The van der Waals surface area contributed by atoms with Crippen LogP contribution in [0.4, 0.5) is 0 Å². The van der Waals surface area contributed by atoms with E-state index in [1.807, 2.05) is 37.1 Å². The Morgan fingerprint density at radius 2 is 1.94 bits per heavy atom. The number of rotatable bonds is 9. The molecule has 0 spiro atoms. The summed E-state index contributed by atoms with van der Waals surface area (Å²) >= 11 is 5.89. The number of fused-ring (bicyclic) bond motifs is 1. The highest BCUT2D eigenvalue weighted by Crippen LogP contribution is 2.21. The van der Waals surface area contributed by atoms with Gasteiger partial charge in [0.1, 0.15) is 23.4 Å². The first-order chi connectivity index (χ1) is 16.7. The zero-order valence-corrected chi connectivity index (χ0v) is 20.6. The van der Waals surface area contributed by atoms with Crippen molar-refractivity contribution in [2.45, 2.75) is 32.5 Å². The van der Waals surface area contributed by atoms with Crippen LogP contribution in [-0.2, 0) is 31.4 Å². The van der Waals surface area contributed by atoms with Gasteiger partial charge in [0.25, 0.3) is 0 Å². The fraction of sp³-hybridized carbons (Fsp3) is 0.308. The smallest absolute Gasteiger partial charge is 0.224 e. The van der Waals surface area contributed by atoms with Crippen molar-refractivity contribution < 1.29 is 18.7 Å². The van der Waals surface area contributed by atoms with Gasteiger partial charge in [-0.05, 0) is 49.9 Å². The molecule has 0 aliphatic heterocycles. The summed E-state index contributed by atoms with van der Waals surface area (Å²) in [4.78, 5) is 27.4. The predicted octanol–water partition coefficient (Wildman–Crippen LogP) is 3.71. The average Bonchev–Trinajstić information content (AvgIpc) is 3.43. The lowest BCUT2D eigenvalue weighted by Crippen LogP contribution is -2.27. The molecule has 0 bridgehead atoms. The van der Waals surface area contributed by atoms with E-state index < -0.39 is 6.10 Å². The lowest BCUT2D eigenvalue weighted by Gasteiger charge is -2.18. The summed E-state index contributed by atoms with van der Waals surface area (Å²) in [6, 6.07) is 12.5. The summed E-state index contributed by atoms with van der Waals surface area (Å²) in [6.45, 7) is 2.90. The molecular formula is C26H28ClN3O5. The van der Waals surface area contributed by atoms with Crippen LogP contribution in [0.5, 0.6) is 0 Å². The molecule has 2 N–H and O–H groups in total. The van der Waals surface area contributed by atoms with Gasteiger partial charge in [-0.15, -0.1) is 0 Å². The molecule has 1 atom stereocenters. The van der Waals surface area contributed by atoms with E-state index in [0.29, 0.717) is 52.8 Å². The summed E-state index contributed by atoms with van der Waals surface area (Å²) in [6.07, 6.45) is 0.819. The van der Waals surface area contributed by atoms with Crippen LogP contribution >= 0.6 is 11.6 Å². The van der Waals surface area contributed by atoms with Gasteiger partial charge in [-0.2, -0.15) is 0 Å². The van der Waals surface area contributed by atoms with Gasteiger partial charge in [-0.1, -0.05) is 23.7 Å². The van der Waals surface area contributed by atoms with Gasteiger partial charge in [0, 0.05) is 36.9 Å². The number of furan rings is 2. The summed E-state index contributed by atoms with van der Waals surface area (Å²) in [5, 5.41) is 14.3. The first kappa shape index (κ1) is 24.8. The van der Waals surface area contributed by atoms with Gasteiger partial charge in [-0.3, -0.25) is 14.5 Å². The maximum absolute atomic E-state index is 13.1. The Morgan fingerprint density at radius 3 is 2.63 bits per heavy atom. The second-order valence-corrected chi connectivity index (χ2v) is 9.20. The third kappa shape index (κ3) is 6.03. The molecule has 9 heteroatoms. The Bertz CT molecular complexity index is 1390. The highest BCUT2D eigenvalue weighted by Gasteiger charge is 2.18. The molecule has 0 aliphatic carbocycles. The minimum atomic E-state index is -0.776. The van der Waals surface area contributed by atoms with Crippen LogP contribution in [0.3, 0.4) is 0 Å². The number of aryl methyl sites for hydroxylation is 2. The standard InChI is InChI=1S/C26H28ClN3O5/c1-16-4-9-23(34-16)22(31)15-29(2)14-20-11-21-25(33)18(13-30(3)26(21)35-20)10-24(32)28-12-17-5-7-19(27)8-6-17/h4-9,11,13,22,31H,10,12,14-15H2,1-3H3,(H,28,32). The number of benzene rings is 1. The summed E-state index contributed by atoms with van der Waals surface area (Å²) < 4.78 is 13.1. The number of nitrogens with one attached hydrogen (secondary N) is 1. The molecule has 0 saturated carbocycles. The topological polar surface area (TPSA) is 101 Å². The van der Waals surface area contributed by atoms with E-state index in [9.17, 15) is 14.7 Å². The molecule has 184 valence electrons. The number of carbonyl (C=O) groups excluding carboxylic acids is 1. The molecule has 0 saturated heterocycles. The number of pyridine rings is 1. The number of hydrogen-bond donors (Lipinski definition) is 2.